The van der Waals surface area contributed by atoms with Gasteiger partial charge in [0.15, 0.2) is 0 Å². The Hall–Kier alpha value is -1.55. The second-order valence-corrected chi connectivity index (χ2v) is 5.11. The fourth-order valence-corrected chi connectivity index (χ4v) is 2.75. The highest BCUT2D eigenvalue weighted by molar-refractivity contribution is 5.81. The van der Waals surface area contributed by atoms with Crippen molar-refractivity contribution >= 4 is 11.6 Å². The lowest BCUT2D eigenvalue weighted by Crippen LogP contribution is -2.49. The van der Waals surface area contributed by atoms with E-state index >= 15 is 0 Å². The molecule has 1 unspecified atom stereocenters. The molecule has 19 heavy (non-hydrogen) atoms. The molecule has 0 aliphatic carbocycles. The second kappa shape index (κ2) is 6.57. The van der Waals surface area contributed by atoms with Gasteiger partial charge in [0.1, 0.15) is 0 Å². The standard InChI is InChI=1S/C15H23N3O/c1-17-15(19)14-8-4-5-10-18(14)11-9-12-6-2-3-7-13(12)16/h2-3,6-7,14H,4-5,8-11,16H2,1H3,(H,17,19). The highest BCUT2D eigenvalue weighted by Gasteiger charge is 2.27. The molecule has 1 amide bonds. The number of rotatable bonds is 4. The molecular weight excluding hydrogens is 238 g/mol. The van der Waals surface area contributed by atoms with Gasteiger partial charge in [-0.15, -0.1) is 0 Å². The lowest BCUT2D eigenvalue weighted by molar-refractivity contribution is -0.127. The molecular formula is C15H23N3O. The summed E-state index contributed by atoms with van der Waals surface area (Å²) in [4.78, 5) is 14.2. The number of piperidine rings is 1. The minimum atomic E-state index is 0.0312. The van der Waals surface area contributed by atoms with Crippen LogP contribution in [0.25, 0.3) is 0 Å². The fraction of sp³-hybridized carbons (Fsp3) is 0.533. The number of hydrogen-bond acceptors (Lipinski definition) is 3. The summed E-state index contributed by atoms with van der Waals surface area (Å²) < 4.78 is 0. The molecule has 3 N–H and O–H groups in total. The van der Waals surface area contributed by atoms with Crippen molar-refractivity contribution in [2.24, 2.45) is 0 Å². The Bertz CT molecular complexity index is 433. The van der Waals surface area contributed by atoms with Crippen LogP contribution in [0.2, 0.25) is 0 Å². The van der Waals surface area contributed by atoms with Gasteiger partial charge >= 0.3 is 0 Å². The maximum absolute atomic E-state index is 11.9. The molecule has 0 aromatic heterocycles. The van der Waals surface area contributed by atoms with E-state index in [4.69, 9.17) is 5.73 Å². The Balaban J connectivity index is 1.96. The quantitative estimate of drug-likeness (QED) is 0.806. The topological polar surface area (TPSA) is 58.4 Å². The van der Waals surface area contributed by atoms with Crippen LogP contribution in [-0.4, -0.2) is 37.0 Å². The van der Waals surface area contributed by atoms with Crippen molar-refractivity contribution < 1.29 is 4.79 Å². The summed E-state index contributed by atoms with van der Waals surface area (Å²) in [6, 6.07) is 7.99. The molecule has 1 atom stereocenters. The van der Waals surface area contributed by atoms with Crippen molar-refractivity contribution in [3.05, 3.63) is 29.8 Å². The van der Waals surface area contributed by atoms with Gasteiger partial charge in [0.25, 0.3) is 0 Å². The number of para-hydroxylation sites is 1. The van der Waals surface area contributed by atoms with Gasteiger partial charge in [-0.05, 0) is 37.4 Å². The van der Waals surface area contributed by atoms with Crippen molar-refractivity contribution in [3.63, 3.8) is 0 Å². The van der Waals surface area contributed by atoms with E-state index in [0.717, 1.165) is 38.0 Å². The third-order valence-electron chi connectivity index (χ3n) is 3.89. The average Bonchev–Trinajstić information content (AvgIpc) is 2.46. The number of carbonyl (C=O) groups excluding carboxylic acids is 1. The van der Waals surface area contributed by atoms with E-state index in [9.17, 15) is 4.79 Å². The lowest BCUT2D eigenvalue weighted by Gasteiger charge is -2.34. The van der Waals surface area contributed by atoms with Gasteiger partial charge in [0, 0.05) is 19.3 Å². The SMILES string of the molecule is CNC(=O)C1CCCCN1CCc1ccccc1N. The third kappa shape index (κ3) is 3.47. The lowest BCUT2D eigenvalue weighted by atomic mass is 10.00. The number of hydrogen-bond donors (Lipinski definition) is 2. The van der Waals surface area contributed by atoms with Crippen molar-refractivity contribution in [1.82, 2.24) is 10.2 Å². The number of likely N-dealkylation sites (tertiary alicyclic amines) is 1. The average molecular weight is 261 g/mol. The molecule has 4 nitrogen and oxygen atoms in total. The zero-order valence-corrected chi connectivity index (χ0v) is 11.6. The van der Waals surface area contributed by atoms with Crippen LogP contribution in [0, 0.1) is 0 Å². The maximum Gasteiger partial charge on any atom is 0.237 e. The summed E-state index contributed by atoms with van der Waals surface area (Å²) in [6.07, 6.45) is 4.18. The Morgan fingerprint density at radius 2 is 2.21 bits per heavy atom. The number of nitrogens with zero attached hydrogens (tertiary/aromatic N) is 1. The molecule has 1 heterocycles. The molecule has 0 radical (unpaired) electrons. The highest BCUT2D eigenvalue weighted by Crippen LogP contribution is 2.19. The van der Waals surface area contributed by atoms with Crippen LogP contribution in [-0.2, 0) is 11.2 Å². The second-order valence-electron chi connectivity index (χ2n) is 5.11. The molecule has 104 valence electrons. The summed E-state index contributed by atoms with van der Waals surface area (Å²) in [6.45, 7) is 1.90. The molecule has 1 aromatic rings. The molecule has 1 saturated heterocycles. The number of anilines is 1. The third-order valence-corrected chi connectivity index (χ3v) is 3.89. The molecule has 1 aromatic carbocycles. The molecule has 1 aliphatic rings. The first-order valence-corrected chi connectivity index (χ1v) is 7.01. The van der Waals surface area contributed by atoms with Crippen LogP contribution in [0.4, 0.5) is 5.69 Å². The number of nitrogens with one attached hydrogen (secondary N) is 1. The smallest absolute Gasteiger partial charge is 0.237 e. The van der Waals surface area contributed by atoms with Crippen molar-refractivity contribution in [3.8, 4) is 0 Å². The summed E-state index contributed by atoms with van der Waals surface area (Å²) in [7, 11) is 1.71. The summed E-state index contributed by atoms with van der Waals surface area (Å²) >= 11 is 0. The van der Waals surface area contributed by atoms with Gasteiger partial charge in [-0.2, -0.15) is 0 Å². The van der Waals surface area contributed by atoms with Crippen molar-refractivity contribution in [2.45, 2.75) is 31.7 Å². The zero-order valence-electron chi connectivity index (χ0n) is 11.6. The zero-order chi connectivity index (χ0) is 13.7. The molecule has 1 fully saturated rings. The van der Waals surface area contributed by atoms with E-state index < -0.39 is 0 Å². The van der Waals surface area contributed by atoms with Crippen LogP contribution >= 0.6 is 0 Å². The van der Waals surface area contributed by atoms with Gasteiger partial charge in [0.05, 0.1) is 6.04 Å². The highest BCUT2D eigenvalue weighted by atomic mass is 16.2. The van der Waals surface area contributed by atoms with E-state index in [1.165, 1.54) is 12.0 Å². The van der Waals surface area contributed by atoms with Gasteiger partial charge in [-0.1, -0.05) is 24.6 Å². The predicted octanol–water partition coefficient (Wildman–Crippen LogP) is 1.41. The minimum absolute atomic E-state index is 0.0312. The van der Waals surface area contributed by atoms with E-state index in [2.05, 4.69) is 16.3 Å². The number of nitrogens with two attached hydrogens (primary N) is 1. The monoisotopic (exact) mass is 261 g/mol. The van der Waals surface area contributed by atoms with Crippen molar-refractivity contribution in [1.29, 1.82) is 0 Å². The van der Waals surface area contributed by atoms with E-state index in [0.29, 0.717) is 0 Å². The van der Waals surface area contributed by atoms with Gasteiger partial charge < -0.3 is 11.1 Å². The molecule has 0 saturated carbocycles. The van der Waals surface area contributed by atoms with Crippen LogP contribution in [0.15, 0.2) is 24.3 Å². The molecule has 0 bridgehead atoms. The summed E-state index contributed by atoms with van der Waals surface area (Å²) in [5, 5.41) is 2.77. The van der Waals surface area contributed by atoms with Gasteiger partial charge in [-0.25, -0.2) is 0 Å². The Morgan fingerprint density at radius 1 is 1.42 bits per heavy atom. The Morgan fingerprint density at radius 3 is 2.95 bits per heavy atom. The van der Waals surface area contributed by atoms with Crippen LogP contribution in [0.1, 0.15) is 24.8 Å². The number of nitrogen functional groups attached to an aromatic ring is 1. The molecule has 1 aliphatic heterocycles. The first-order valence-electron chi connectivity index (χ1n) is 7.01. The number of likely N-dealkylation sites (N-methyl/N-ethyl adjacent to an activating group) is 1. The summed E-state index contributed by atoms with van der Waals surface area (Å²) in [5.74, 6) is 0.140. The normalized spacial score (nSPS) is 20.2. The van der Waals surface area contributed by atoms with Crippen LogP contribution in [0.5, 0.6) is 0 Å². The maximum atomic E-state index is 11.9. The largest absolute Gasteiger partial charge is 0.399 e. The summed E-state index contributed by atoms with van der Waals surface area (Å²) in [5.41, 5.74) is 7.97. The fourth-order valence-electron chi connectivity index (χ4n) is 2.75. The molecule has 4 heteroatoms. The Labute approximate surface area is 115 Å². The molecule has 0 spiro atoms. The first kappa shape index (κ1) is 13.9. The van der Waals surface area contributed by atoms with Gasteiger partial charge in [-0.3, -0.25) is 9.69 Å². The van der Waals surface area contributed by atoms with Crippen molar-refractivity contribution in [2.75, 3.05) is 25.9 Å². The van der Waals surface area contributed by atoms with Crippen LogP contribution in [0.3, 0.4) is 0 Å². The Kier molecular flexibility index (Phi) is 4.80. The van der Waals surface area contributed by atoms with Gasteiger partial charge in [0.2, 0.25) is 5.91 Å². The first-order chi connectivity index (χ1) is 9.22. The number of carbonyl (C=O) groups is 1. The molecule has 2 rings (SSSR count). The predicted molar refractivity (Wildman–Crippen MR) is 77.8 cm³/mol. The number of benzene rings is 1. The number of amides is 1. The van der Waals surface area contributed by atoms with Crippen LogP contribution < -0.4 is 11.1 Å². The van der Waals surface area contributed by atoms with E-state index in [1.54, 1.807) is 7.05 Å². The van der Waals surface area contributed by atoms with E-state index in [-0.39, 0.29) is 11.9 Å². The van der Waals surface area contributed by atoms with E-state index in [1.807, 2.05) is 18.2 Å². The minimum Gasteiger partial charge on any atom is -0.399 e.